The van der Waals surface area contributed by atoms with Gasteiger partial charge in [-0.2, -0.15) is 0 Å². The zero-order valence-corrected chi connectivity index (χ0v) is 8.83. The molecule has 1 aromatic carbocycles. The predicted octanol–water partition coefficient (Wildman–Crippen LogP) is 1.63. The summed E-state index contributed by atoms with van der Waals surface area (Å²) in [6, 6.07) is 4.61. The molecule has 1 aromatic heterocycles. The molecule has 0 fully saturated rings. The molecule has 2 aromatic rings. The number of halogens is 1. The van der Waals surface area contributed by atoms with E-state index in [0.29, 0.717) is 0 Å². The van der Waals surface area contributed by atoms with Crippen molar-refractivity contribution in [2.24, 2.45) is 0 Å². The number of benzene rings is 1. The van der Waals surface area contributed by atoms with E-state index in [1.54, 1.807) is 0 Å². The van der Waals surface area contributed by atoms with Gasteiger partial charge in [-0.05, 0) is 12.1 Å². The first-order valence-corrected chi connectivity index (χ1v) is 5.47. The molecule has 0 unspecified atom stereocenters. The predicted molar refractivity (Wildman–Crippen MR) is 60.1 cm³/mol. The number of aromatic hydroxyl groups is 1. The fraction of sp³-hybridized carbons (Fsp3) is 0.333. The first kappa shape index (κ1) is 9.66. The van der Waals surface area contributed by atoms with Crippen LogP contribution in [0.25, 0.3) is 10.9 Å². The van der Waals surface area contributed by atoms with Gasteiger partial charge in [-0.1, -0.05) is 0 Å². The van der Waals surface area contributed by atoms with Gasteiger partial charge in [0, 0.05) is 43.2 Å². The van der Waals surface area contributed by atoms with Crippen molar-refractivity contribution in [2.75, 3.05) is 13.1 Å². The maximum atomic E-state index is 13.2. The van der Waals surface area contributed by atoms with Crippen LogP contribution in [0.5, 0.6) is 5.75 Å². The molecule has 2 N–H and O–H groups in total. The molecule has 1 aliphatic rings. The van der Waals surface area contributed by atoms with Crippen LogP contribution >= 0.6 is 0 Å². The Labute approximate surface area is 92.5 Å². The van der Waals surface area contributed by atoms with Gasteiger partial charge in [0.15, 0.2) is 0 Å². The summed E-state index contributed by atoms with van der Waals surface area (Å²) in [7, 11) is 0. The smallest absolute Gasteiger partial charge is 0.142 e. The molecule has 0 aliphatic carbocycles. The van der Waals surface area contributed by atoms with Crippen molar-refractivity contribution in [3.05, 3.63) is 29.7 Å². The third-order valence-corrected chi connectivity index (χ3v) is 3.09. The Morgan fingerprint density at radius 2 is 2.12 bits per heavy atom. The lowest BCUT2D eigenvalue weighted by atomic mass is 10.2. The van der Waals surface area contributed by atoms with Crippen molar-refractivity contribution >= 4 is 10.9 Å². The third-order valence-electron chi connectivity index (χ3n) is 3.09. The average molecular weight is 220 g/mol. The van der Waals surface area contributed by atoms with E-state index in [1.807, 2.05) is 6.07 Å². The van der Waals surface area contributed by atoms with E-state index in [4.69, 9.17) is 0 Å². The van der Waals surface area contributed by atoms with E-state index in [0.717, 1.165) is 42.7 Å². The second kappa shape index (κ2) is 3.49. The van der Waals surface area contributed by atoms with E-state index in [-0.39, 0.29) is 11.6 Å². The number of phenols is 1. The fourth-order valence-electron chi connectivity index (χ4n) is 2.41. The minimum atomic E-state index is -0.385. The van der Waals surface area contributed by atoms with Crippen LogP contribution in [-0.4, -0.2) is 22.8 Å². The van der Waals surface area contributed by atoms with Gasteiger partial charge < -0.3 is 15.0 Å². The van der Waals surface area contributed by atoms with Crippen molar-refractivity contribution in [1.82, 2.24) is 9.88 Å². The highest BCUT2D eigenvalue weighted by molar-refractivity contribution is 5.87. The molecule has 0 atom stereocenters. The number of fused-ring (bicyclic) bond motifs is 3. The molecule has 0 radical (unpaired) electrons. The molecule has 1 aliphatic heterocycles. The van der Waals surface area contributed by atoms with Crippen LogP contribution in [0.15, 0.2) is 18.2 Å². The molecule has 0 bridgehead atoms. The van der Waals surface area contributed by atoms with E-state index in [9.17, 15) is 9.50 Å². The molecular formula is C12H13FN2O. The Morgan fingerprint density at radius 1 is 1.25 bits per heavy atom. The van der Waals surface area contributed by atoms with Crippen molar-refractivity contribution in [2.45, 2.75) is 13.0 Å². The summed E-state index contributed by atoms with van der Waals surface area (Å²) < 4.78 is 15.2. The molecule has 0 saturated heterocycles. The molecule has 3 nitrogen and oxygen atoms in total. The lowest BCUT2D eigenvalue weighted by molar-refractivity contribution is 0.471. The summed E-state index contributed by atoms with van der Waals surface area (Å²) in [4.78, 5) is 0. The summed E-state index contributed by atoms with van der Waals surface area (Å²) >= 11 is 0. The summed E-state index contributed by atoms with van der Waals surface area (Å²) in [5.74, 6) is -0.355. The van der Waals surface area contributed by atoms with Gasteiger partial charge >= 0.3 is 0 Å². The zero-order valence-electron chi connectivity index (χ0n) is 8.83. The van der Waals surface area contributed by atoms with Gasteiger partial charge in [-0.3, -0.25) is 0 Å². The normalized spacial score (nSPS) is 16.1. The Bertz CT molecular complexity index is 547. The van der Waals surface area contributed by atoms with Crippen LogP contribution < -0.4 is 5.32 Å². The molecule has 2 heterocycles. The Morgan fingerprint density at radius 3 is 3.00 bits per heavy atom. The SMILES string of the molecule is Oc1cc(F)cc2cc3n(c12)CCNCC3. The maximum Gasteiger partial charge on any atom is 0.142 e. The molecular weight excluding hydrogens is 207 g/mol. The van der Waals surface area contributed by atoms with Gasteiger partial charge in [-0.25, -0.2) is 4.39 Å². The molecule has 0 saturated carbocycles. The lowest BCUT2D eigenvalue weighted by Gasteiger charge is -2.07. The van der Waals surface area contributed by atoms with Gasteiger partial charge in [-0.15, -0.1) is 0 Å². The maximum absolute atomic E-state index is 13.2. The fourth-order valence-corrected chi connectivity index (χ4v) is 2.41. The average Bonchev–Trinajstić information content (AvgIpc) is 2.42. The molecule has 16 heavy (non-hydrogen) atoms. The highest BCUT2D eigenvalue weighted by Crippen LogP contribution is 2.30. The topological polar surface area (TPSA) is 37.2 Å². The number of hydrogen-bond donors (Lipinski definition) is 2. The minimum Gasteiger partial charge on any atom is -0.506 e. The first-order chi connectivity index (χ1) is 7.75. The second-order valence-corrected chi connectivity index (χ2v) is 4.15. The van der Waals surface area contributed by atoms with Crippen LogP contribution in [0.1, 0.15) is 5.69 Å². The minimum absolute atomic E-state index is 0.0307. The van der Waals surface area contributed by atoms with E-state index >= 15 is 0 Å². The molecule has 0 spiro atoms. The van der Waals surface area contributed by atoms with E-state index in [1.165, 1.54) is 12.1 Å². The van der Waals surface area contributed by atoms with Crippen molar-refractivity contribution in [3.8, 4) is 5.75 Å². The molecule has 4 heteroatoms. The summed E-state index contributed by atoms with van der Waals surface area (Å²) in [5.41, 5.74) is 1.90. The zero-order chi connectivity index (χ0) is 11.1. The molecule has 84 valence electrons. The first-order valence-electron chi connectivity index (χ1n) is 5.47. The van der Waals surface area contributed by atoms with Crippen LogP contribution in [-0.2, 0) is 13.0 Å². The number of nitrogens with one attached hydrogen (secondary N) is 1. The number of hydrogen-bond acceptors (Lipinski definition) is 2. The van der Waals surface area contributed by atoms with Gasteiger partial charge in [0.2, 0.25) is 0 Å². The summed E-state index contributed by atoms with van der Waals surface area (Å²) in [6.45, 7) is 2.63. The number of nitrogens with zero attached hydrogens (tertiary/aromatic N) is 1. The highest BCUT2D eigenvalue weighted by atomic mass is 19.1. The van der Waals surface area contributed by atoms with Crippen molar-refractivity contribution < 1.29 is 9.50 Å². The van der Waals surface area contributed by atoms with Crippen molar-refractivity contribution in [3.63, 3.8) is 0 Å². The van der Waals surface area contributed by atoms with Crippen LogP contribution in [0.2, 0.25) is 0 Å². The number of phenolic OH excluding ortho intramolecular Hbond substituents is 1. The Kier molecular flexibility index (Phi) is 2.11. The number of aromatic nitrogens is 1. The third kappa shape index (κ3) is 1.38. The summed E-state index contributed by atoms with van der Waals surface area (Å²) in [5, 5.41) is 13.9. The summed E-state index contributed by atoms with van der Waals surface area (Å²) in [6.07, 6.45) is 0.912. The monoisotopic (exact) mass is 220 g/mol. The Balaban J connectivity index is 2.29. The van der Waals surface area contributed by atoms with E-state index < -0.39 is 0 Å². The van der Waals surface area contributed by atoms with Gasteiger partial charge in [0.1, 0.15) is 11.6 Å². The van der Waals surface area contributed by atoms with Crippen molar-refractivity contribution in [1.29, 1.82) is 0 Å². The standard InChI is InChI=1S/C12H13FN2O/c13-9-5-8-6-10-1-2-14-3-4-15(10)12(8)11(16)7-9/h5-7,14,16H,1-4H2. The quantitative estimate of drug-likeness (QED) is 0.708. The Hall–Kier alpha value is -1.55. The van der Waals surface area contributed by atoms with E-state index in [2.05, 4.69) is 9.88 Å². The second-order valence-electron chi connectivity index (χ2n) is 4.15. The van der Waals surface area contributed by atoms with Crippen LogP contribution in [0.3, 0.4) is 0 Å². The largest absolute Gasteiger partial charge is 0.506 e. The molecule has 0 amide bonds. The van der Waals surface area contributed by atoms with Crippen LogP contribution in [0, 0.1) is 5.82 Å². The van der Waals surface area contributed by atoms with Gasteiger partial charge in [0.05, 0.1) is 5.52 Å². The highest BCUT2D eigenvalue weighted by Gasteiger charge is 2.15. The molecule has 3 rings (SSSR count). The van der Waals surface area contributed by atoms with Gasteiger partial charge in [0.25, 0.3) is 0 Å². The lowest BCUT2D eigenvalue weighted by Crippen LogP contribution is -2.17. The van der Waals surface area contributed by atoms with Crippen LogP contribution in [0.4, 0.5) is 4.39 Å². The number of rotatable bonds is 0.